The second-order valence-electron chi connectivity index (χ2n) is 5.09. The Labute approximate surface area is 142 Å². The summed E-state index contributed by atoms with van der Waals surface area (Å²) in [7, 11) is 1.65. The molecule has 0 aliphatic rings. The number of rotatable bonds is 5. The Morgan fingerprint density at radius 3 is 2.83 bits per heavy atom. The van der Waals surface area contributed by atoms with Crippen LogP contribution in [0.3, 0.4) is 0 Å². The number of aromatic amines is 1. The van der Waals surface area contributed by atoms with Crippen molar-refractivity contribution >= 4 is 22.8 Å². The Bertz CT molecular complexity index is 965. The van der Waals surface area contributed by atoms with Crippen molar-refractivity contribution < 1.29 is 9.26 Å². The zero-order valence-corrected chi connectivity index (χ0v) is 13.7. The van der Waals surface area contributed by atoms with Crippen LogP contribution in [0.2, 0.25) is 0 Å². The predicted octanol–water partition coefficient (Wildman–Crippen LogP) is 3.91. The fraction of sp³-hybridized carbons (Fsp3) is 0.118. The molecule has 4 rings (SSSR count). The third-order valence-electron chi connectivity index (χ3n) is 3.50. The summed E-state index contributed by atoms with van der Waals surface area (Å²) in [6, 6.07) is 15.5. The lowest BCUT2D eigenvalue weighted by Gasteiger charge is -1.96. The summed E-state index contributed by atoms with van der Waals surface area (Å²) in [4.78, 5) is 12.2. The monoisotopic (exact) mass is 338 g/mol. The molecule has 0 amide bonds. The van der Waals surface area contributed by atoms with Gasteiger partial charge in [0.1, 0.15) is 5.75 Å². The number of imidazole rings is 1. The van der Waals surface area contributed by atoms with Gasteiger partial charge in [-0.15, -0.1) is 0 Å². The first-order chi connectivity index (χ1) is 11.8. The van der Waals surface area contributed by atoms with E-state index in [0.717, 1.165) is 27.5 Å². The molecule has 24 heavy (non-hydrogen) atoms. The van der Waals surface area contributed by atoms with Crippen LogP contribution >= 0.6 is 11.8 Å². The van der Waals surface area contributed by atoms with Gasteiger partial charge in [-0.2, -0.15) is 4.98 Å². The van der Waals surface area contributed by atoms with Crippen molar-refractivity contribution in [2.45, 2.75) is 10.9 Å². The molecule has 120 valence electrons. The minimum absolute atomic E-state index is 0.552. The highest BCUT2D eigenvalue weighted by molar-refractivity contribution is 7.98. The van der Waals surface area contributed by atoms with E-state index < -0.39 is 0 Å². The van der Waals surface area contributed by atoms with Crippen LogP contribution in [0.1, 0.15) is 5.89 Å². The number of hydrogen-bond donors (Lipinski definition) is 1. The molecule has 6 nitrogen and oxygen atoms in total. The molecule has 4 aromatic rings. The van der Waals surface area contributed by atoms with E-state index in [0.29, 0.717) is 17.5 Å². The van der Waals surface area contributed by atoms with Crippen LogP contribution in [-0.2, 0) is 5.75 Å². The Balaban J connectivity index is 1.48. The molecule has 0 bridgehead atoms. The van der Waals surface area contributed by atoms with Gasteiger partial charge >= 0.3 is 0 Å². The molecule has 0 saturated heterocycles. The third-order valence-corrected chi connectivity index (χ3v) is 4.36. The summed E-state index contributed by atoms with van der Waals surface area (Å²) in [6.07, 6.45) is 0. The highest BCUT2D eigenvalue weighted by Crippen LogP contribution is 2.25. The number of benzene rings is 2. The van der Waals surface area contributed by atoms with Gasteiger partial charge in [0.15, 0.2) is 5.16 Å². The van der Waals surface area contributed by atoms with Crippen LogP contribution in [0.25, 0.3) is 22.4 Å². The normalized spacial score (nSPS) is 11.0. The SMILES string of the molecule is COc1ccc2nc(SCc3nc(-c4ccccc4)no3)[nH]c2c1. The van der Waals surface area contributed by atoms with Gasteiger partial charge in [-0.25, -0.2) is 4.98 Å². The first-order valence-corrected chi connectivity index (χ1v) is 8.35. The van der Waals surface area contributed by atoms with Crippen molar-refractivity contribution in [2.24, 2.45) is 0 Å². The minimum atomic E-state index is 0.552. The maximum absolute atomic E-state index is 5.31. The van der Waals surface area contributed by atoms with Crippen LogP contribution in [0.15, 0.2) is 58.2 Å². The number of fused-ring (bicyclic) bond motifs is 1. The molecule has 0 fully saturated rings. The minimum Gasteiger partial charge on any atom is -0.497 e. The van der Waals surface area contributed by atoms with E-state index in [-0.39, 0.29) is 0 Å². The standard InChI is InChI=1S/C17H14N4O2S/c1-22-12-7-8-13-14(9-12)19-17(18-13)24-10-15-20-16(21-23-15)11-5-3-2-4-6-11/h2-9H,10H2,1H3,(H,18,19). The van der Waals surface area contributed by atoms with E-state index in [1.165, 1.54) is 11.8 Å². The van der Waals surface area contributed by atoms with E-state index in [9.17, 15) is 0 Å². The molecule has 2 heterocycles. The molecule has 0 radical (unpaired) electrons. The molecule has 7 heteroatoms. The summed E-state index contributed by atoms with van der Waals surface area (Å²) in [5.74, 6) is 2.51. The highest BCUT2D eigenvalue weighted by Gasteiger charge is 2.10. The van der Waals surface area contributed by atoms with Crippen LogP contribution in [-0.4, -0.2) is 27.2 Å². The van der Waals surface area contributed by atoms with Gasteiger partial charge in [-0.1, -0.05) is 47.3 Å². The lowest BCUT2D eigenvalue weighted by Crippen LogP contribution is -1.83. The fourth-order valence-electron chi connectivity index (χ4n) is 2.31. The fourth-order valence-corrected chi connectivity index (χ4v) is 3.03. The number of aromatic nitrogens is 4. The molecule has 0 spiro atoms. The quantitative estimate of drug-likeness (QED) is 0.556. The predicted molar refractivity (Wildman–Crippen MR) is 91.9 cm³/mol. The Morgan fingerprint density at radius 2 is 2.00 bits per heavy atom. The zero-order valence-electron chi connectivity index (χ0n) is 12.9. The number of hydrogen-bond acceptors (Lipinski definition) is 6. The summed E-state index contributed by atoms with van der Waals surface area (Å²) >= 11 is 1.52. The zero-order chi connectivity index (χ0) is 16.4. The highest BCUT2D eigenvalue weighted by atomic mass is 32.2. The molecule has 0 unspecified atom stereocenters. The first kappa shape index (κ1) is 14.8. The van der Waals surface area contributed by atoms with Gasteiger partial charge in [0.25, 0.3) is 0 Å². The average molecular weight is 338 g/mol. The van der Waals surface area contributed by atoms with Crippen molar-refractivity contribution in [2.75, 3.05) is 7.11 Å². The second kappa shape index (κ2) is 6.37. The largest absolute Gasteiger partial charge is 0.497 e. The van der Waals surface area contributed by atoms with E-state index in [4.69, 9.17) is 9.26 Å². The number of nitrogens with zero attached hydrogens (tertiary/aromatic N) is 3. The van der Waals surface area contributed by atoms with E-state index in [2.05, 4.69) is 20.1 Å². The number of H-pyrrole nitrogens is 1. The van der Waals surface area contributed by atoms with Crippen molar-refractivity contribution in [1.82, 2.24) is 20.1 Å². The molecular weight excluding hydrogens is 324 g/mol. The van der Waals surface area contributed by atoms with Crippen molar-refractivity contribution in [3.63, 3.8) is 0 Å². The molecule has 0 aliphatic carbocycles. The maximum atomic E-state index is 5.31. The van der Waals surface area contributed by atoms with Gasteiger partial charge < -0.3 is 14.2 Å². The smallest absolute Gasteiger partial charge is 0.237 e. The first-order valence-electron chi connectivity index (χ1n) is 7.36. The van der Waals surface area contributed by atoms with Crippen LogP contribution in [0, 0.1) is 0 Å². The summed E-state index contributed by atoms with van der Waals surface area (Å²) < 4.78 is 10.5. The van der Waals surface area contributed by atoms with Crippen molar-refractivity contribution in [3.05, 3.63) is 54.4 Å². The van der Waals surface area contributed by atoms with Gasteiger partial charge in [0, 0.05) is 11.6 Å². The number of thioether (sulfide) groups is 1. The molecule has 0 aliphatic heterocycles. The Hall–Kier alpha value is -2.80. The molecule has 0 atom stereocenters. The maximum Gasteiger partial charge on any atom is 0.237 e. The molecule has 2 aromatic heterocycles. The molecule has 0 saturated carbocycles. The van der Waals surface area contributed by atoms with Crippen molar-refractivity contribution in [1.29, 1.82) is 0 Å². The van der Waals surface area contributed by atoms with Gasteiger partial charge in [-0.05, 0) is 12.1 Å². The van der Waals surface area contributed by atoms with Gasteiger partial charge in [-0.3, -0.25) is 0 Å². The van der Waals surface area contributed by atoms with Gasteiger partial charge in [0.2, 0.25) is 11.7 Å². The topological polar surface area (TPSA) is 76.8 Å². The number of nitrogens with one attached hydrogen (secondary N) is 1. The summed E-state index contributed by atoms with van der Waals surface area (Å²) in [5, 5.41) is 4.82. The van der Waals surface area contributed by atoms with Crippen LogP contribution < -0.4 is 4.74 Å². The third kappa shape index (κ3) is 2.98. The number of methoxy groups -OCH3 is 1. The van der Waals surface area contributed by atoms with Crippen LogP contribution in [0.4, 0.5) is 0 Å². The Kier molecular flexibility index (Phi) is 3.92. The van der Waals surface area contributed by atoms with Gasteiger partial charge in [0.05, 0.1) is 23.9 Å². The van der Waals surface area contributed by atoms with E-state index >= 15 is 0 Å². The molecule has 1 N–H and O–H groups in total. The lowest BCUT2D eigenvalue weighted by atomic mass is 10.2. The van der Waals surface area contributed by atoms with Crippen molar-refractivity contribution in [3.8, 4) is 17.1 Å². The number of ether oxygens (including phenoxy) is 1. The van der Waals surface area contributed by atoms with Crippen LogP contribution in [0.5, 0.6) is 5.75 Å². The van der Waals surface area contributed by atoms with E-state index in [1.54, 1.807) is 7.11 Å². The average Bonchev–Trinajstić information content (AvgIpc) is 3.26. The lowest BCUT2D eigenvalue weighted by molar-refractivity contribution is 0.391. The van der Waals surface area contributed by atoms with E-state index in [1.807, 2.05) is 48.5 Å². The summed E-state index contributed by atoms with van der Waals surface area (Å²) in [5.41, 5.74) is 2.77. The summed E-state index contributed by atoms with van der Waals surface area (Å²) in [6.45, 7) is 0. The molecule has 2 aromatic carbocycles. The Morgan fingerprint density at radius 1 is 1.12 bits per heavy atom. The second-order valence-corrected chi connectivity index (χ2v) is 6.06. The molecular formula is C17H14N4O2S.